The van der Waals surface area contributed by atoms with E-state index in [4.69, 9.17) is 9.47 Å². The van der Waals surface area contributed by atoms with Gasteiger partial charge in [-0.3, -0.25) is 14.9 Å². The first-order chi connectivity index (χ1) is 15.8. The van der Waals surface area contributed by atoms with Gasteiger partial charge in [0, 0.05) is 12.1 Å². The monoisotopic (exact) mass is 447 g/mol. The molecule has 3 rings (SSSR count). The number of esters is 1. The number of non-ortho nitro benzene ring substituents is 1. The van der Waals surface area contributed by atoms with E-state index in [-0.39, 0.29) is 5.69 Å². The Morgan fingerprint density at radius 2 is 1.70 bits per heavy atom. The number of hydrazone groups is 1. The van der Waals surface area contributed by atoms with E-state index in [1.165, 1.54) is 37.4 Å². The van der Waals surface area contributed by atoms with E-state index >= 15 is 0 Å². The van der Waals surface area contributed by atoms with Gasteiger partial charge in [0.15, 0.2) is 6.10 Å². The van der Waals surface area contributed by atoms with E-state index in [9.17, 15) is 19.7 Å². The SMILES string of the molecule is Cc1cccc(C(=O)Oc2ccc(/C=N\NC(=O)[C@@H](C)Oc3ccc([N+](=O)[O-])cc3)cc2)c1. The molecule has 3 aromatic carbocycles. The third kappa shape index (κ3) is 6.73. The Morgan fingerprint density at radius 1 is 1.03 bits per heavy atom. The van der Waals surface area contributed by atoms with Gasteiger partial charge in [0.1, 0.15) is 11.5 Å². The number of benzene rings is 3. The summed E-state index contributed by atoms with van der Waals surface area (Å²) in [6, 6.07) is 19.1. The highest BCUT2D eigenvalue weighted by molar-refractivity contribution is 5.91. The highest BCUT2D eigenvalue weighted by Crippen LogP contribution is 2.18. The molecule has 0 heterocycles. The molecule has 9 heteroatoms. The predicted molar refractivity (Wildman–Crippen MR) is 122 cm³/mol. The first-order valence-corrected chi connectivity index (χ1v) is 9.95. The van der Waals surface area contributed by atoms with Gasteiger partial charge in [0.25, 0.3) is 11.6 Å². The summed E-state index contributed by atoms with van der Waals surface area (Å²) in [6.45, 7) is 3.43. The van der Waals surface area contributed by atoms with E-state index in [2.05, 4.69) is 10.5 Å². The molecule has 1 atom stereocenters. The molecule has 0 aromatic heterocycles. The smallest absolute Gasteiger partial charge is 0.343 e. The summed E-state index contributed by atoms with van der Waals surface area (Å²) in [6.07, 6.45) is 0.565. The number of aryl methyl sites for hydroxylation is 1. The maximum absolute atomic E-state index is 12.2. The minimum Gasteiger partial charge on any atom is -0.481 e. The number of nitrogens with one attached hydrogen (secondary N) is 1. The lowest BCUT2D eigenvalue weighted by Gasteiger charge is -2.12. The summed E-state index contributed by atoms with van der Waals surface area (Å²) < 4.78 is 10.8. The van der Waals surface area contributed by atoms with Gasteiger partial charge in [0.05, 0.1) is 16.7 Å². The maximum atomic E-state index is 12.2. The van der Waals surface area contributed by atoms with Gasteiger partial charge in [-0.15, -0.1) is 0 Å². The molecule has 9 nitrogen and oxygen atoms in total. The normalized spacial score (nSPS) is 11.6. The molecule has 0 aliphatic heterocycles. The number of nitro benzene ring substituents is 1. The van der Waals surface area contributed by atoms with Gasteiger partial charge in [-0.05, 0) is 67.9 Å². The molecule has 3 aromatic rings. The van der Waals surface area contributed by atoms with Gasteiger partial charge in [-0.2, -0.15) is 5.10 Å². The molecular weight excluding hydrogens is 426 g/mol. The van der Waals surface area contributed by atoms with Crippen LogP contribution in [0.15, 0.2) is 77.9 Å². The second-order valence-corrected chi connectivity index (χ2v) is 7.07. The number of carbonyl (C=O) groups is 2. The number of rotatable bonds is 8. The zero-order valence-corrected chi connectivity index (χ0v) is 17.9. The number of carbonyl (C=O) groups excluding carboxylic acids is 2. The molecule has 168 valence electrons. The Kier molecular flexibility index (Phi) is 7.48. The Morgan fingerprint density at radius 3 is 2.33 bits per heavy atom. The van der Waals surface area contributed by atoms with E-state index in [1.54, 1.807) is 42.5 Å². The van der Waals surface area contributed by atoms with Crippen LogP contribution in [0, 0.1) is 17.0 Å². The number of nitro groups is 1. The van der Waals surface area contributed by atoms with Crippen LogP contribution >= 0.6 is 0 Å². The zero-order chi connectivity index (χ0) is 23.8. The second kappa shape index (κ2) is 10.7. The average Bonchev–Trinajstić information content (AvgIpc) is 2.80. The lowest BCUT2D eigenvalue weighted by atomic mass is 10.1. The number of ether oxygens (including phenoxy) is 2. The number of amides is 1. The minimum absolute atomic E-state index is 0.0694. The van der Waals surface area contributed by atoms with E-state index in [0.29, 0.717) is 22.6 Å². The van der Waals surface area contributed by atoms with Crippen LogP contribution in [-0.2, 0) is 4.79 Å². The van der Waals surface area contributed by atoms with Crippen LogP contribution in [0.2, 0.25) is 0 Å². The largest absolute Gasteiger partial charge is 0.481 e. The lowest BCUT2D eigenvalue weighted by Crippen LogP contribution is -2.33. The van der Waals surface area contributed by atoms with Crippen LogP contribution in [0.3, 0.4) is 0 Å². The molecule has 0 radical (unpaired) electrons. The molecule has 33 heavy (non-hydrogen) atoms. The fourth-order valence-electron chi connectivity index (χ4n) is 2.73. The van der Waals surface area contributed by atoms with Gasteiger partial charge < -0.3 is 9.47 Å². The molecule has 1 amide bonds. The first kappa shape index (κ1) is 23.1. The zero-order valence-electron chi connectivity index (χ0n) is 17.9. The van der Waals surface area contributed by atoms with Gasteiger partial charge in [0.2, 0.25) is 0 Å². The molecule has 0 fully saturated rings. The van der Waals surface area contributed by atoms with Crippen LogP contribution in [-0.4, -0.2) is 29.1 Å². The average molecular weight is 447 g/mol. The Hall–Kier alpha value is -4.53. The predicted octanol–water partition coefficient (Wildman–Crippen LogP) is 4.04. The highest BCUT2D eigenvalue weighted by atomic mass is 16.6. The van der Waals surface area contributed by atoms with Crippen molar-refractivity contribution in [2.45, 2.75) is 20.0 Å². The summed E-state index contributed by atoms with van der Waals surface area (Å²) in [4.78, 5) is 34.5. The fourth-order valence-corrected chi connectivity index (χ4v) is 2.73. The molecule has 0 saturated heterocycles. The molecular formula is C24H21N3O6. The Labute approximate surface area is 189 Å². The van der Waals surface area contributed by atoms with Crippen molar-refractivity contribution in [1.29, 1.82) is 0 Å². The van der Waals surface area contributed by atoms with Crippen molar-refractivity contribution in [3.05, 3.63) is 99.6 Å². The molecule has 0 bridgehead atoms. The van der Waals surface area contributed by atoms with Gasteiger partial charge in [-0.25, -0.2) is 10.2 Å². The third-order valence-electron chi connectivity index (χ3n) is 4.46. The summed E-state index contributed by atoms with van der Waals surface area (Å²) in [5, 5.41) is 14.6. The molecule has 0 aliphatic rings. The fraction of sp³-hybridized carbons (Fsp3) is 0.125. The van der Waals surface area contributed by atoms with Gasteiger partial charge in [-0.1, -0.05) is 17.7 Å². The maximum Gasteiger partial charge on any atom is 0.343 e. The van der Waals surface area contributed by atoms with E-state index in [0.717, 1.165) is 5.56 Å². The van der Waals surface area contributed by atoms with Crippen molar-refractivity contribution in [1.82, 2.24) is 5.43 Å². The Bertz CT molecular complexity index is 1170. The summed E-state index contributed by atoms with van der Waals surface area (Å²) in [5.41, 5.74) is 4.40. The second-order valence-electron chi connectivity index (χ2n) is 7.07. The Balaban J connectivity index is 1.49. The number of hydrogen-bond donors (Lipinski definition) is 1. The molecule has 0 saturated carbocycles. The van der Waals surface area contributed by atoms with E-state index < -0.39 is 22.9 Å². The molecule has 0 aliphatic carbocycles. The molecule has 1 N–H and O–H groups in total. The molecule has 0 spiro atoms. The quantitative estimate of drug-likeness (QED) is 0.183. The van der Waals surface area contributed by atoms with Crippen molar-refractivity contribution < 1.29 is 24.0 Å². The summed E-state index contributed by atoms with van der Waals surface area (Å²) >= 11 is 0. The van der Waals surface area contributed by atoms with Crippen LogP contribution in [0.1, 0.15) is 28.4 Å². The van der Waals surface area contributed by atoms with Crippen LogP contribution in [0.4, 0.5) is 5.69 Å². The summed E-state index contributed by atoms with van der Waals surface area (Å²) in [7, 11) is 0. The lowest BCUT2D eigenvalue weighted by molar-refractivity contribution is -0.384. The standard InChI is InChI=1S/C24H21N3O6/c1-16-4-3-5-19(14-16)24(29)33-22-10-6-18(7-11-22)15-25-26-23(28)17(2)32-21-12-8-20(9-13-21)27(30)31/h3-15,17H,1-2H3,(H,26,28)/b25-15-/t17-/m1/s1. The minimum atomic E-state index is -0.869. The van der Waals surface area contributed by atoms with Crippen LogP contribution in [0.5, 0.6) is 11.5 Å². The first-order valence-electron chi connectivity index (χ1n) is 9.95. The molecule has 0 unspecified atom stereocenters. The van der Waals surface area contributed by atoms with Crippen LogP contribution < -0.4 is 14.9 Å². The van der Waals surface area contributed by atoms with Crippen molar-refractivity contribution >= 4 is 23.8 Å². The van der Waals surface area contributed by atoms with E-state index in [1.807, 2.05) is 13.0 Å². The third-order valence-corrected chi connectivity index (χ3v) is 4.46. The number of nitrogens with zero attached hydrogens (tertiary/aromatic N) is 2. The van der Waals surface area contributed by atoms with Crippen molar-refractivity contribution in [2.75, 3.05) is 0 Å². The topological polar surface area (TPSA) is 120 Å². The number of hydrogen-bond acceptors (Lipinski definition) is 7. The van der Waals surface area contributed by atoms with Crippen LogP contribution in [0.25, 0.3) is 0 Å². The van der Waals surface area contributed by atoms with Crippen molar-refractivity contribution in [2.24, 2.45) is 5.10 Å². The summed E-state index contributed by atoms with van der Waals surface area (Å²) in [5.74, 6) is -0.237. The van der Waals surface area contributed by atoms with Crippen molar-refractivity contribution in [3.63, 3.8) is 0 Å². The van der Waals surface area contributed by atoms with Crippen molar-refractivity contribution in [3.8, 4) is 11.5 Å². The van der Waals surface area contributed by atoms with Gasteiger partial charge >= 0.3 is 5.97 Å². The highest BCUT2D eigenvalue weighted by Gasteiger charge is 2.15.